The molecular weight excluding hydrogens is 116 g/mol. The minimum atomic E-state index is -2.27. The molecule has 0 amide bonds. The molecule has 0 atom stereocenters. The molecule has 0 radical (unpaired) electrons. The van der Waals surface area contributed by atoms with Crippen LogP contribution in [0.25, 0.3) is 0 Å². The van der Waals surface area contributed by atoms with Crippen molar-refractivity contribution in [3.05, 3.63) is 0 Å². The van der Waals surface area contributed by atoms with Crippen LogP contribution in [0.15, 0.2) is 0 Å². The molecule has 40 valence electrons. The summed E-state index contributed by atoms with van der Waals surface area (Å²) in [6.07, 6.45) is 5.06. The molecule has 0 aromatic carbocycles. The SMILES string of the molecule is CS(C)(C)(O)=S. The smallest absolute Gasteiger partial charge is 0.00961 e. The normalized spacial score (nSPS) is 19.0. The van der Waals surface area contributed by atoms with Crippen LogP contribution in [-0.4, -0.2) is 23.3 Å². The predicted octanol–water partition coefficient (Wildman–Crippen LogP) is 0.500. The summed E-state index contributed by atoms with van der Waals surface area (Å²) in [6, 6.07) is 0. The van der Waals surface area contributed by atoms with E-state index in [-0.39, 0.29) is 0 Å². The second kappa shape index (κ2) is 1.02. The summed E-state index contributed by atoms with van der Waals surface area (Å²) < 4.78 is 8.91. The Kier molecular flexibility index (Phi) is 1.11. The second-order valence-electron chi connectivity index (χ2n) is 2.35. The maximum Gasteiger partial charge on any atom is -0.00961 e. The van der Waals surface area contributed by atoms with Gasteiger partial charge in [0.05, 0.1) is 0 Å². The average molecular weight is 126 g/mol. The number of hydrogen-bond donors (Lipinski definition) is 1. The van der Waals surface area contributed by atoms with Crippen LogP contribution in [0.4, 0.5) is 0 Å². The highest BCUT2D eigenvalue weighted by Crippen LogP contribution is 2.03. The molecule has 0 aromatic rings. The van der Waals surface area contributed by atoms with Crippen LogP contribution in [0.5, 0.6) is 0 Å². The van der Waals surface area contributed by atoms with Gasteiger partial charge in [-0.2, -0.15) is 0 Å². The van der Waals surface area contributed by atoms with Crippen LogP contribution in [0, 0.1) is 0 Å². The predicted molar refractivity (Wildman–Crippen MR) is 35.1 cm³/mol. The van der Waals surface area contributed by atoms with Crippen molar-refractivity contribution in [3.8, 4) is 0 Å². The minimum absolute atomic E-state index is 1.69. The Labute approximate surface area is 43.1 Å². The molecule has 0 aliphatic heterocycles. The van der Waals surface area contributed by atoms with E-state index < -0.39 is 8.00 Å². The van der Waals surface area contributed by atoms with Gasteiger partial charge in [-0.15, -0.1) is 8.00 Å². The van der Waals surface area contributed by atoms with Crippen molar-refractivity contribution in [3.63, 3.8) is 0 Å². The van der Waals surface area contributed by atoms with E-state index in [1.807, 2.05) is 0 Å². The molecule has 3 heteroatoms. The van der Waals surface area contributed by atoms with Gasteiger partial charge in [-0.05, 0) is 30.0 Å². The summed E-state index contributed by atoms with van der Waals surface area (Å²) >= 11 is 4.70. The minimum Gasteiger partial charge on any atom is -0.348 e. The van der Waals surface area contributed by atoms with E-state index in [9.17, 15) is 0 Å². The van der Waals surface area contributed by atoms with Gasteiger partial charge in [0, 0.05) is 0 Å². The third kappa shape index (κ3) is 201. The molecule has 0 spiro atoms. The Morgan fingerprint density at radius 3 is 1.33 bits per heavy atom. The van der Waals surface area contributed by atoms with Gasteiger partial charge in [-0.1, -0.05) is 0 Å². The van der Waals surface area contributed by atoms with Gasteiger partial charge in [-0.25, -0.2) is 0 Å². The molecule has 6 heavy (non-hydrogen) atoms. The third-order valence-corrected chi connectivity index (χ3v) is 0. The third-order valence-electron chi connectivity index (χ3n) is 0. The summed E-state index contributed by atoms with van der Waals surface area (Å²) in [7, 11) is -2.27. The van der Waals surface area contributed by atoms with Gasteiger partial charge in [0.25, 0.3) is 0 Å². The zero-order valence-electron chi connectivity index (χ0n) is 4.26. The van der Waals surface area contributed by atoms with Gasteiger partial charge in [0.2, 0.25) is 0 Å². The first-order chi connectivity index (χ1) is 2.24. The molecule has 0 fully saturated rings. The second-order valence-corrected chi connectivity index (χ2v) is 10.5. The first kappa shape index (κ1) is 6.53. The molecule has 0 heterocycles. The zero-order chi connectivity index (χ0) is 5.45. The highest BCUT2D eigenvalue weighted by atomic mass is 32.9. The monoisotopic (exact) mass is 126 g/mol. The molecule has 0 bridgehead atoms. The van der Waals surface area contributed by atoms with Crippen molar-refractivity contribution < 1.29 is 4.55 Å². The van der Waals surface area contributed by atoms with E-state index in [4.69, 9.17) is 15.7 Å². The summed E-state index contributed by atoms with van der Waals surface area (Å²) in [6.45, 7) is 0. The largest absolute Gasteiger partial charge is 0.348 e. The molecule has 0 aliphatic carbocycles. The van der Waals surface area contributed by atoms with Crippen molar-refractivity contribution in [1.82, 2.24) is 0 Å². The van der Waals surface area contributed by atoms with E-state index in [0.29, 0.717) is 0 Å². The lowest BCUT2D eigenvalue weighted by Crippen LogP contribution is -2.22. The van der Waals surface area contributed by atoms with Crippen LogP contribution >= 0.6 is 0 Å². The number of rotatable bonds is 0. The van der Waals surface area contributed by atoms with Gasteiger partial charge in [-0.3, -0.25) is 0 Å². The van der Waals surface area contributed by atoms with Gasteiger partial charge >= 0.3 is 0 Å². The first-order valence-corrected chi connectivity index (χ1v) is 5.72. The summed E-state index contributed by atoms with van der Waals surface area (Å²) in [5.74, 6) is 0. The van der Waals surface area contributed by atoms with E-state index in [2.05, 4.69) is 0 Å². The lowest BCUT2D eigenvalue weighted by Gasteiger charge is -2.23. The molecule has 0 rings (SSSR count). The Morgan fingerprint density at radius 2 is 1.33 bits per heavy atom. The molecule has 1 N–H and O–H groups in total. The number of hydrogen-bond acceptors (Lipinski definition) is 1. The molecule has 0 aliphatic rings. The lowest BCUT2D eigenvalue weighted by molar-refractivity contribution is 0.634. The van der Waals surface area contributed by atoms with Crippen LogP contribution in [0.1, 0.15) is 0 Å². The fourth-order valence-electron chi connectivity index (χ4n) is 0. The van der Waals surface area contributed by atoms with Gasteiger partial charge < -0.3 is 4.55 Å². The quantitative estimate of drug-likeness (QED) is 0.510. The van der Waals surface area contributed by atoms with Crippen molar-refractivity contribution >= 4 is 19.2 Å². The Balaban J connectivity index is 4.16. The first-order valence-electron chi connectivity index (χ1n) is 1.57. The molecule has 1 nitrogen and oxygen atoms in total. The Bertz CT molecular complexity index is 86.5. The Hall–Kier alpha value is 0.530. The van der Waals surface area contributed by atoms with Crippen molar-refractivity contribution in [2.24, 2.45) is 0 Å². The topological polar surface area (TPSA) is 20.2 Å². The highest BCUT2D eigenvalue weighted by molar-refractivity contribution is 8.47. The van der Waals surface area contributed by atoms with E-state index in [1.54, 1.807) is 18.8 Å². The highest BCUT2D eigenvalue weighted by Gasteiger charge is 2.02. The molecule has 0 aromatic heterocycles. The van der Waals surface area contributed by atoms with Crippen LogP contribution in [-0.2, 0) is 19.2 Å². The van der Waals surface area contributed by atoms with E-state index in [0.717, 1.165) is 0 Å². The van der Waals surface area contributed by atoms with Crippen molar-refractivity contribution in [1.29, 1.82) is 0 Å². The summed E-state index contributed by atoms with van der Waals surface area (Å²) in [4.78, 5) is 0. The van der Waals surface area contributed by atoms with E-state index >= 15 is 0 Å². The van der Waals surface area contributed by atoms with Crippen molar-refractivity contribution in [2.75, 3.05) is 18.8 Å². The maximum atomic E-state index is 8.91. The van der Waals surface area contributed by atoms with Crippen molar-refractivity contribution in [2.45, 2.75) is 0 Å². The van der Waals surface area contributed by atoms with Crippen LogP contribution in [0.2, 0.25) is 0 Å². The molecule has 0 unspecified atom stereocenters. The lowest BCUT2D eigenvalue weighted by atomic mass is 11.9. The average Bonchev–Trinajstić information content (AvgIpc) is 0.650. The zero-order valence-corrected chi connectivity index (χ0v) is 5.90. The maximum absolute atomic E-state index is 8.91. The molecule has 0 saturated heterocycles. The molecule has 0 saturated carbocycles. The Morgan fingerprint density at radius 1 is 1.33 bits per heavy atom. The van der Waals surface area contributed by atoms with Gasteiger partial charge in [0.15, 0.2) is 0 Å². The van der Waals surface area contributed by atoms with E-state index in [1.165, 1.54) is 0 Å². The summed E-state index contributed by atoms with van der Waals surface area (Å²) in [5, 5.41) is 0. The van der Waals surface area contributed by atoms with Crippen LogP contribution < -0.4 is 0 Å². The van der Waals surface area contributed by atoms with Crippen LogP contribution in [0.3, 0.4) is 0 Å². The fourth-order valence-corrected chi connectivity index (χ4v) is 0. The summed E-state index contributed by atoms with van der Waals surface area (Å²) in [5.41, 5.74) is 0. The standard InChI is InChI=1S/C3H10OS2/c1-6(2,3,4)5/h1-3H3,(H,4,5). The van der Waals surface area contributed by atoms with Gasteiger partial charge in [0.1, 0.15) is 0 Å². The fraction of sp³-hybridized carbons (Fsp3) is 1.00. The molecular formula is C3H10OS2.